The van der Waals surface area contributed by atoms with E-state index in [9.17, 15) is 26.4 Å². The van der Waals surface area contributed by atoms with Crippen molar-refractivity contribution in [3.63, 3.8) is 0 Å². The summed E-state index contributed by atoms with van der Waals surface area (Å²) in [6.45, 7) is -0.765. The van der Waals surface area contributed by atoms with Gasteiger partial charge in [-0.2, -0.15) is 13.2 Å². The topological polar surface area (TPSA) is 98.5 Å². The van der Waals surface area contributed by atoms with Gasteiger partial charge >= 0.3 is 6.18 Å². The maximum absolute atomic E-state index is 12.6. The lowest BCUT2D eigenvalue weighted by Gasteiger charge is -2.11. The minimum absolute atomic E-state index is 0.346. The molecule has 0 atom stereocenters. The number of primary amides is 1. The number of amides is 1. The van der Waals surface area contributed by atoms with Crippen molar-refractivity contribution in [2.75, 3.05) is 6.61 Å². The summed E-state index contributed by atoms with van der Waals surface area (Å²) in [5.74, 6) is -0.959. The van der Waals surface area contributed by atoms with Gasteiger partial charge in [-0.05, 0) is 18.2 Å². The van der Waals surface area contributed by atoms with Crippen LogP contribution in [0.4, 0.5) is 13.2 Å². The molecule has 0 heterocycles. The Morgan fingerprint density at radius 3 is 2.50 bits per heavy atom. The van der Waals surface area contributed by atoms with Crippen LogP contribution < -0.4 is 10.6 Å². The van der Waals surface area contributed by atoms with Crippen molar-refractivity contribution in [1.82, 2.24) is 4.89 Å². The largest absolute Gasteiger partial charge is 0.417 e. The van der Waals surface area contributed by atoms with Crippen LogP contribution in [-0.2, 0) is 25.8 Å². The summed E-state index contributed by atoms with van der Waals surface area (Å²) in [6.07, 6.45) is -4.81. The Morgan fingerprint density at radius 1 is 1.40 bits per heavy atom. The summed E-state index contributed by atoms with van der Waals surface area (Å²) < 4.78 is 61.0. The van der Waals surface area contributed by atoms with Gasteiger partial charge in [0.1, 0.15) is 6.61 Å². The van der Waals surface area contributed by atoms with Gasteiger partial charge in [-0.3, -0.25) is 9.63 Å². The first kappa shape index (κ1) is 16.7. The molecule has 0 saturated carbocycles. The molecule has 0 bridgehead atoms. The maximum atomic E-state index is 12.6. The van der Waals surface area contributed by atoms with Crippen LogP contribution in [0.5, 0.6) is 0 Å². The first-order valence-corrected chi connectivity index (χ1v) is 6.69. The summed E-state index contributed by atoms with van der Waals surface area (Å²) in [4.78, 5) is 15.3. The lowest BCUT2D eigenvalue weighted by atomic mass is 10.2. The summed E-state index contributed by atoms with van der Waals surface area (Å²) in [5.41, 5.74) is 3.39. The second-order valence-corrected chi connectivity index (χ2v) is 5.53. The van der Waals surface area contributed by atoms with E-state index in [-0.39, 0.29) is 0 Å². The van der Waals surface area contributed by atoms with E-state index in [4.69, 9.17) is 17.3 Å². The van der Waals surface area contributed by atoms with E-state index < -0.39 is 44.2 Å². The van der Waals surface area contributed by atoms with E-state index >= 15 is 0 Å². The number of halogens is 4. The molecular formula is C9H8ClF3N2O4S. The highest BCUT2D eigenvalue weighted by Gasteiger charge is 2.34. The second-order valence-electron chi connectivity index (χ2n) is 3.48. The zero-order chi connectivity index (χ0) is 15.6. The molecule has 1 rings (SSSR count). The minimum Gasteiger partial charge on any atom is -0.368 e. The maximum Gasteiger partial charge on any atom is 0.417 e. The average molecular weight is 333 g/mol. The molecule has 0 fully saturated rings. The number of alkyl halides is 3. The Kier molecular flexibility index (Phi) is 4.97. The molecule has 3 N–H and O–H groups in total. The SMILES string of the molecule is NC(=O)CONS(=O)(=O)c1ccc(Cl)c(C(F)(F)F)c1. The number of nitrogens with two attached hydrogens (primary N) is 1. The average Bonchev–Trinajstić information content (AvgIpc) is 2.26. The zero-order valence-corrected chi connectivity index (χ0v) is 11.1. The molecule has 0 saturated heterocycles. The van der Waals surface area contributed by atoms with Crippen LogP contribution in [0.1, 0.15) is 5.56 Å². The summed E-state index contributed by atoms with van der Waals surface area (Å²) >= 11 is 5.35. The van der Waals surface area contributed by atoms with Crippen molar-refractivity contribution in [2.45, 2.75) is 11.1 Å². The Morgan fingerprint density at radius 2 is 2.00 bits per heavy atom. The first-order chi connectivity index (χ1) is 9.04. The van der Waals surface area contributed by atoms with Gasteiger partial charge < -0.3 is 5.73 Å². The minimum atomic E-state index is -4.81. The number of benzene rings is 1. The number of carbonyl (C=O) groups is 1. The Bertz CT molecular complexity index is 618. The van der Waals surface area contributed by atoms with E-state index in [1.165, 1.54) is 4.89 Å². The third-order valence-electron chi connectivity index (χ3n) is 1.94. The van der Waals surface area contributed by atoms with Crippen LogP contribution in [0.15, 0.2) is 23.1 Å². The highest BCUT2D eigenvalue weighted by atomic mass is 35.5. The van der Waals surface area contributed by atoms with E-state index in [0.717, 1.165) is 12.1 Å². The second kappa shape index (κ2) is 5.95. The number of sulfonamides is 1. The molecule has 11 heteroatoms. The van der Waals surface area contributed by atoms with Gasteiger partial charge in [0.2, 0.25) is 5.91 Å². The first-order valence-electron chi connectivity index (χ1n) is 4.82. The normalized spacial score (nSPS) is 12.4. The molecule has 0 aliphatic rings. The van der Waals surface area contributed by atoms with Crippen LogP contribution in [0.2, 0.25) is 5.02 Å². The fourth-order valence-electron chi connectivity index (χ4n) is 1.12. The predicted molar refractivity (Wildman–Crippen MR) is 61.9 cm³/mol. The van der Waals surface area contributed by atoms with Gasteiger partial charge in [0.25, 0.3) is 10.0 Å². The Labute approximate surface area is 116 Å². The molecule has 0 aliphatic carbocycles. The fraction of sp³-hybridized carbons (Fsp3) is 0.222. The highest BCUT2D eigenvalue weighted by molar-refractivity contribution is 7.89. The molecule has 0 aromatic heterocycles. The van der Waals surface area contributed by atoms with Gasteiger partial charge in [-0.1, -0.05) is 16.5 Å². The lowest BCUT2D eigenvalue weighted by Crippen LogP contribution is -2.29. The van der Waals surface area contributed by atoms with Crippen LogP contribution in [0.25, 0.3) is 0 Å². The Balaban J connectivity index is 3.05. The van der Waals surface area contributed by atoms with Crippen LogP contribution in [-0.4, -0.2) is 20.9 Å². The summed E-state index contributed by atoms with van der Waals surface area (Å²) in [6, 6.07) is 1.98. The van der Waals surface area contributed by atoms with Crippen molar-refractivity contribution >= 4 is 27.5 Å². The number of carbonyl (C=O) groups excluding carboxylic acids is 1. The van der Waals surface area contributed by atoms with Crippen molar-refractivity contribution in [3.8, 4) is 0 Å². The molecule has 0 aliphatic heterocycles. The molecule has 0 unspecified atom stereocenters. The van der Waals surface area contributed by atoms with E-state index in [0.29, 0.717) is 6.07 Å². The van der Waals surface area contributed by atoms with Crippen molar-refractivity contribution in [1.29, 1.82) is 0 Å². The van der Waals surface area contributed by atoms with Crippen LogP contribution in [0, 0.1) is 0 Å². The zero-order valence-electron chi connectivity index (χ0n) is 9.57. The molecule has 0 radical (unpaired) electrons. The number of nitrogens with one attached hydrogen (secondary N) is 1. The number of hydrogen-bond acceptors (Lipinski definition) is 4. The molecule has 20 heavy (non-hydrogen) atoms. The van der Waals surface area contributed by atoms with Crippen LogP contribution in [0.3, 0.4) is 0 Å². The van der Waals surface area contributed by atoms with E-state index in [2.05, 4.69) is 4.84 Å². The van der Waals surface area contributed by atoms with Gasteiger partial charge in [0.05, 0.1) is 15.5 Å². The molecule has 1 amide bonds. The van der Waals surface area contributed by atoms with Gasteiger partial charge in [0, 0.05) is 0 Å². The monoisotopic (exact) mass is 332 g/mol. The van der Waals surface area contributed by atoms with Crippen molar-refractivity contribution < 1.29 is 31.2 Å². The van der Waals surface area contributed by atoms with Gasteiger partial charge in [0.15, 0.2) is 0 Å². The highest BCUT2D eigenvalue weighted by Crippen LogP contribution is 2.35. The van der Waals surface area contributed by atoms with E-state index in [1.807, 2.05) is 0 Å². The third-order valence-corrected chi connectivity index (χ3v) is 3.48. The predicted octanol–water partition coefficient (Wildman–Crippen LogP) is 1.05. The van der Waals surface area contributed by atoms with E-state index in [1.54, 1.807) is 0 Å². The quantitative estimate of drug-likeness (QED) is 0.787. The smallest absolute Gasteiger partial charge is 0.368 e. The molecular weight excluding hydrogens is 325 g/mol. The fourth-order valence-corrected chi connectivity index (χ4v) is 2.17. The van der Waals surface area contributed by atoms with Gasteiger partial charge in [-0.25, -0.2) is 8.42 Å². The standard InChI is InChI=1S/C9H8ClF3N2O4S/c10-7-2-1-5(3-6(7)9(11,12)13)20(17,18)15-19-4-8(14)16/h1-3,15H,4H2,(H2,14,16). The van der Waals surface area contributed by atoms with Crippen molar-refractivity contribution in [3.05, 3.63) is 28.8 Å². The van der Waals surface area contributed by atoms with Crippen LogP contribution >= 0.6 is 11.6 Å². The van der Waals surface area contributed by atoms with Crippen molar-refractivity contribution in [2.24, 2.45) is 5.73 Å². The third kappa shape index (κ3) is 4.34. The molecule has 1 aromatic rings. The molecule has 112 valence electrons. The van der Waals surface area contributed by atoms with Gasteiger partial charge in [-0.15, -0.1) is 0 Å². The molecule has 0 spiro atoms. The summed E-state index contributed by atoms with van der Waals surface area (Å²) in [5, 5.41) is -0.644. The summed E-state index contributed by atoms with van der Waals surface area (Å²) in [7, 11) is -4.39. The number of rotatable bonds is 5. The molecule has 6 nitrogen and oxygen atoms in total. The Hall–Kier alpha value is -1.36. The lowest BCUT2D eigenvalue weighted by molar-refractivity contribution is -0.137. The molecule has 1 aromatic carbocycles. The number of hydrogen-bond donors (Lipinski definition) is 2.